The standard InChI is InChI=1S/C25H28ClN3O3/c1-17-7-8-23(18(2)13-17)31-16-22-19(3)32-27-24(22)25(30)29-11-9-28(10-12-29)15-20-5-4-6-21(26)14-20/h4-8,13-14H,9-12,15-16H2,1-3H3. The smallest absolute Gasteiger partial charge is 0.276 e. The summed E-state index contributed by atoms with van der Waals surface area (Å²) in [7, 11) is 0. The minimum Gasteiger partial charge on any atom is -0.488 e. The zero-order valence-electron chi connectivity index (χ0n) is 18.7. The average Bonchev–Trinajstić information content (AvgIpc) is 3.13. The monoisotopic (exact) mass is 453 g/mol. The molecular formula is C25H28ClN3O3. The molecule has 0 unspecified atom stereocenters. The summed E-state index contributed by atoms with van der Waals surface area (Å²) >= 11 is 6.09. The van der Waals surface area contributed by atoms with Crippen molar-refractivity contribution >= 4 is 17.5 Å². The average molecular weight is 454 g/mol. The van der Waals surface area contributed by atoms with Crippen LogP contribution in [0.2, 0.25) is 5.02 Å². The molecule has 32 heavy (non-hydrogen) atoms. The second kappa shape index (κ2) is 9.76. The number of ether oxygens (including phenoxy) is 1. The normalized spacial score (nSPS) is 14.6. The van der Waals surface area contributed by atoms with Crippen LogP contribution in [0.4, 0.5) is 0 Å². The molecule has 2 heterocycles. The van der Waals surface area contributed by atoms with Crippen molar-refractivity contribution in [3.05, 3.63) is 81.2 Å². The van der Waals surface area contributed by atoms with Gasteiger partial charge in [0.05, 0.1) is 5.56 Å². The maximum Gasteiger partial charge on any atom is 0.276 e. The number of amides is 1. The Labute approximate surface area is 193 Å². The maximum absolute atomic E-state index is 13.2. The first-order valence-electron chi connectivity index (χ1n) is 10.8. The molecule has 0 N–H and O–H groups in total. The lowest BCUT2D eigenvalue weighted by Crippen LogP contribution is -2.48. The first-order valence-corrected chi connectivity index (χ1v) is 11.2. The summed E-state index contributed by atoms with van der Waals surface area (Å²) in [6, 6.07) is 13.9. The van der Waals surface area contributed by atoms with Crippen molar-refractivity contribution in [2.75, 3.05) is 26.2 Å². The molecule has 0 spiro atoms. The van der Waals surface area contributed by atoms with Crippen LogP contribution in [0.3, 0.4) is 0 Å². The van der Waals surface area contributed by atoms with Gasteiger partial charge in [-0.1, -0.05) is 46.6 Å². The maximum atomic E-state index is 13.2. The molecule has 1 aliphatic rings. The van der Waals surface area contributed by atoms with E-state index in [0.717, 1.165) is 36.0 Å². The highest BCUT2D eigenvalue weighted by Crippen LogP contribution is 2.23. The number of aromatic nitrogens is 1. The van der Waals surface area contributed by atoms with Gasteiger partial charge in [0, 0.05) is 37.7 Å². The van der Waals surface area contributed by atoms with E-state index in [0.29, 0.717) is 30.1 Å². The van der Waals surface area contributed by atoms with Crippen molar-refractivity contribution in [1.29, 1.82) is 0 Å². The molecule has 0 bridgehead atoms. The Morgan fingerprint density at radius 2 is 1.88 bits per heavy atom. The van der Waals surface area contributed by atoms with Gasteiger partial charge < -0.3 is 14.2 Å². The Morgan fingerprint density at radius 1 is 1.09 bits per heavy atom. The van der Waals surface area contributed by atoms with Crippen molar-refractivity contribution in [2.45, 2.75) is 33.9 Å². The molecule has 1 aliphatic heterocycles. The second-order valence-electron chi connectivity index (χ2n) is 8.32. The van der Waals surface area contributed by atoms with E-state index in [1.807, 2.05) is 56.0 Å². The lowest BCUT2D eigenvalue weighted by molar-refractivity contribution is 0.0616. The molecule has 1 fully saturated rings. The van der Waals surface area contributed by atoms with Gasteiger partial charge in [0.2, 0.25) is 0 Å². The van der Waals surface area contributed by atoms with Gasteiger partial charge in [-0.15, -0.1) is 0 Å². The summed E-state index contributed by atoms with van der Waals surface area (Å²) in [6.45, 7) is 9.81. The number of hydrogen-bond donors (Lipinski definition) is 0. The van der Waals surface area contributed by atoms with Crippen LogP contribution in [0.25, 0.3) is 0 Å². The third-order valence-electron chi connectivity index (χ3n) is 5.84. The van der Waals surface area contributed by atoms with Crippen molar-refractivity contribution in [3.8, 4) is 5.75 Å². The fraction of sp³-hybridized carbons (Fsp3) is 0.360. The Bertz CT molecular complexity index is 1100. The van der Waals surface area contributed by atoms with E-state index in [-0.39, 0.29) is 12.5 Å². The predicted molar refractivity (Wildman–Crippen MR) is 124 cm³/mol. The second-order valence-corrected chi connectivity index (χ2v) is 8.76. The summed E-state index contributed by atoms with van der Waals surface area (Å²) in [4.78, 5) is 17.3. The predicted octanol–water partition coefficient (Wildman–Crippen LogP) is 4.79. The van der Waals surface area contributed by atoms with Crippen LogP contribution >= 0.6 is 11.6 Å². The van der Waals surface area contributed by atoms with Crippen molar-refractivity contribution < 1.29 is 14.1 Å². The topological polar surface area (TPSA) is 58.8 Å². The number of aryl methyl sites for hydroxylation is 3. The van der Waals surface area contributed by atoms with E-state index in [9.17, 15) is 4.79 Å². The van der Waals surface area contributed by atoms with Gasteiger partial charge in [0.15, 0.2) is 5.69 Å². The van der Waals surface area contributed by atoms with E-state index in [4.69, 9.17) is 20.9 Å². The first kappa shape index (κ1) is 22.4. The Morgan fingerprint density at radius 3 is 2.59 bits per heavy atom. The number of hydrogen-bond acceptors (Lipinski definition) is 5. The quantitative estimate of drug-likeness (QED) is 0.537. The number of benzene rings is 2. The van der Waals surface area contributed by atoms with Crippen molar-refractivity contribution in [1.82, 2.24) is 15.0 Å². The molecule has 6 nitrogen and oxygen atoms in total. The summed E-state index contributed by atoms with van der Waals surface area (Å²) in [5, 5.41) is 4.81. The van der Waals surface area contributed by atoms with E-state index in [1.165, 1.54) is 11.1 Å². The van der Waals surface area contributed by atoms with Crippen LogP contribution < -0.4 is 4.74 Å². The minimum absolute atomic E-state index is 0.108. The Hall–Kier alpha value is -2.83. The van der Waals surface area contributed by atoms with Crippen LogP contribution in [-0.4, -0.2) is 47.0 Å². The molecule has 3 aromatic rings. The van der Waals surface area contributed by atoms with Gasteiger partial charge in [-0.2, -0.15) is 0 Å². The largest absolute Gasteiger partial charge is 0.488 e. The highest BCUT2D eigenvalue weighted by atomic mass is 35.5. The van der Waals surface area contributed by atoms with Crippen molar-refractivity contribution in [2.24, 2.45) is 0 Å². The number of nitrogens with zero attached hydrogens (tertiary/aromatic N) is 3. The summed E-state index contributed by atoms with van der Waals surface area (Å²) < 4.78 is 11.4. The molecule has 2 aromatic carbocycles. The van der Waals surface area contributed by atoms with E-state index < -0.39 is 0 Å². The summed E-state index contributed by atoms with van der Waals surface area (Å²) in [6.07, 6.45) is 0. The molecule has 168 valence electrons. The highest BCUT2D eigenvalue weighted by Gasteiger charge is 2.28. The van der Waals surface area contributed by atoms with Crippen LogP contribution in [0, 0.1) is 20.8 Å². The van der Waals surface area contributed by atoms with Crippen LogP contribution in [0.15, 0.2) is 47.0 Å². The molecule has 4 rings (SSSR count). The fourth-order valence-corrected chi connectivity index (χ4v) is 4.21. The van der Waals surface area contributed by atoms with Crippen LogP contribution in [0.1, 0.15) is 38.5 Å². The number of carbonyl (C=O) groups is 1. The first-order chi connectivity index (χ1) is 15.4. The summed E-state index contributed by atoms with van der Waals surface area (Å²) in [5.74, 6) is 1.30. The molecule has 0 radical (unpaired) electrons. The van der Waals surface area contributed by atoms with Gasteiger partial charge in [-0.25, -0.2) is 0 Å². The number of halogens is 1. The lowest BCUT2D eigenvalue weighted by atomic mass is 10.1. The fourth-order valence-electron chi connectivity index (χ4n) is 3.99. The van der Waals surface area contributed by atoms with Crippen LogP contribution in [-0.2, 0) is 13.2 Å². The van der Waals surface area contributed by atoms with Crippen LogP contribution in [0.5, 0.6) is 5.75 Å². The molecule has 7 heteroatoms. The molecule has 1 saturated heterocycles. The van der Waals surface area contributed by atoms with E-state index in [1.54, 1.807) is 0 Å². The lowest BCUT2D eigenvalue weighted by Gasteiger charge is -2.34. The minimum atomic E-state index is -0.108. The zero-order valence-corrected chi connectivity index (χ0v) is 19.5. The van der Waals surface area contributed by atoms with Crippen molar-refractivity contribution in [3.63, 3.8) is 0 Å². The Balaban J connectivity index is 1.38. The zero-order chi connectivity index (χ0) is 22.7. The number of carbonyl (C=O) groups excluding carboxylic acids is 1. The number of piperazine rings is 1. The molecule has 0 aliphatic carbocycles. The van der Waals surface area contributed by atoms with Gasteiger partial charge in [-0.05, 0) is 50.1 Å². The van der Waals surface area contributed by atoms with Gasteiger partial charge >= 0.3 is 0 Å². The Kier molecular flexibility index (Phi) is 6.82. The summed E-state index contributed by atoms with van der Waals surface area (Å²) in [5.41, 5.74) is 4.46. The molecule has 0 saturated carbocycles. The van der Waals surface area contributed by atoms with E-state index >= 15 is 0 Å². The highest BCUT2D eigenvalue weighted by molar-refractivity contribution is 6.30. The van der Waals surface area contributed by atoms with Gasteiger partial charge in [0.1, 0.15) is 18.1 Å². The molecule has 1 amide bonds. The van der Waals surface area contributed by atoms with Gasteiger partial charge in [-0.3, -0.25) is 9.69 Å². The third kappa shape index (κ3) is 5.14. The van der Waals surface area contributed by atoms with Gasteiger partial charge in [0.25, 0.3) is 5.91 Å². The molecule has 1 aromatic heterocycles. The third-order valence-corrected chi connectivity index (χ3v) is 6.08. The SMILES string of the molecule is Cc1ccc(OCc2c(C(=O)N3CCN(Cc4cccc(Cl)c4)CC3)noc2C)c(C)c1. The number of rotatable bonds is 6. The molecule has 0 atom stereocenters. The molecular weight excluding hydrogens is 426 g/mol. The van der Waals surface area contributed by atoms with E-state index in [2.05, 4.69) is 22.2 Å².